The Morgan fingerprint density at radius 3 is 2.19 bits per heavy atom. The van der Waals surface area contributed by atoms with Gasteiger partial charge in [-0.3, -0.25) is 4.79 Å². The van der Waals surface area contributed by atoms with Crippen LogP contribution in [0.1, 0.15) is 22.8 Å². The lowest BCUT2D eigenvalue weighted by Crippen LogP contribution is -2.48. The van der Waals surface area contributed by atoms with E-state index >= 15 is 0 Å². The fourth-order valence-corrected chi connectivity index (χ4v) is 3.25. The number of hydrogen-bond donors (Lipinski definition) is 2. The van der Waals surface area contributed by atoms with Crippen molar-refractivity contribution in [2.24, 2.45) is 5.73 Å². The lowest BCUT2D eigenvalue weighted by atomic mass is 10.1. The molecule has 0 aromatic heterocycles. The molecule has 1 saturated heterocycles. The van der Waals surface area contributed by atoms with Gasteiger partial charge in [0.1, 0.15) is 0 Å². The molecule has 5 nitrogen and oxygen atoms in total. The van der Waals surface area contributed by atoms with Crippen molar-refractivity contribution in [2.45, 2.75) is 13.3 Å². The number of anilines is 2. The molecule has 1 amide bonds. The number of thiocarbonyl (C=S) groups is 1. The molecule has 0 aliphatic carbocycles. The van der Waals surface area contributed by atoms with Crippen LogP contribution in [0.3, 0.4) is 0 Å². The first-order valence-electron chi connectivity index (χ1n) is 8.86. The third-order valence-corrected chi connectivity index (χ3v) is 4.78. The highest BCUT2D eigenvalue weighted by Gasteiger charge is 2.22. The number of rotatable bonds is 4. The van der Waals surface area contributed by atoms with Crippen LogP contribution in [0.5, 0.6) is 0 Å². The first kappa shape index (κ1) is 18.2. The zero-order valence-electron chi connectivity index (χ0n) is 14.9. The molecule has 6 heteroatoms. The number of aryl methyl sites for hydroxylation is 1. The van der Waals surface area contributed by atoms with E-state index < -0.39 is 0 Å². The Bertz CT molecular complexity index is 765. The lowest BCUT2D eigenvalue weighted by Gasteiger charge is -2.36. The molecule has 0 radical (unpaired) electrons. The van der Waals surface area contributed by atoms with Crippen molar-refractivity contribution < 1.29 is 4.79 Å². The Hall–Kier alpha value is -2.60. The van der Waals surface area contributed by atoms with Gasteiger partial charge in [-0.2, -0.15) is 0 Å². The van der Waals surface area contributed by atoms with Gasteiger partial charge in [0.25, 0.3) is 5.91 Å². The summed E-state index contributed by atoms with van der Waals surface area (Å²) in [6.45, 7) is 5.20. The summed E-state index contributed by atoms with van der Waals surface area (Å²) < 4.78 is 0. The second-order valence-corrected chi connectivity index (χ2v) is 6.81. The summed E-state index contributed by atoms with van der Waals surface area (Å²) >= 11 is 4.85. The zero-order valence-corrected chi connectivity index (χ0v) is 15.8. The smallest absolute Gasteiger partial charge is 0.253 e. The van der Waals surface area contributed by atoms with Crippen LogP contribution in [0.4, 0.5) is 11.4 Å². The molecule has 0 spiro atoms. The van der Waals surface area contributed by atoms with E-state index in [-0.39, 0.29) is 11.0 Å². The van der Waals surface area contributed by atoms with E-state index in [1.165, 1.54) is 5.56 Å². The number of piperazine rings is 1. The fourth-order valence-electron chi connectivity index (χ4n) is 3.13. The summed E-state index contributed by atoms with van der Waals surface area (Å²) in [7, 11) is 0. The van der Waals surface area contributed by atoms with Crippen molar-refractivity contribution in [3.8, 4) is 0 Å². The summed E-state index contributed by atoms with van der Waals surface area (Å²) in [6, 6.07) is 15.9. The van der Waals surface area contributed by atoms with Crippen LogP contribution in [-0.4, -0.2) is 42.1 Å². The average Bonchev–Trinajstić information content (AvgIpc) is 2.68. The van der Waals surface area contributed by atoms with Gasteiger partial charge >= 0.3 is 0 Å². The highest BCUT2D eigenvalue weighted by Crippen LogP contribution is 2.20. The molecule has 0 atom stereocenters. The van der Waals surface area contributed by atoms with Gasteiger partial charge in [-0.05, 0) is 60.6 Å². The van der Waals surface area contributed by atoms with Crippen molar-refractivity contribution >= 4 is 34.6 Å². The molecule has 3 rings (SSSR count). The predicted octanol–water partition coefficient (Wildman–Crippen LogP) is 2.87. The quantitative estimate of drug-likeness (QED) is 0.813. The molecule has 2 aromatic rings. The Kier molecular flexibility index (Phi) is 5.73. The monoisotopic (exact) mass is 368 g/mol. The minimum Gasteiger partial charge on any atom is -0.376 e. The number of amides is 1. The minimum absolute atomic E-state index is 0.114. The highest BCUT2D eigenvalue weighted by atomic mass is 32.1. The van der Waals surface area contributed by atoms with E-state index in [0.29, 0.717) is 0 Å². The van der Waals surface area contributed by atoms with E-state index in [1.807, 2.05) is 53.4 Å². The molecule has 26 heavy (non-hydrogen) atoms. The first-order valence-corrected chi connectivity index (χ1v) is 9.27. The van der Waals surface area contributed by atoms with Crippen LogP contribution >= 0.6 is 12.2 Å². The molecule has 2 aromatic carbocycles. The third-order valence-electron chi connectivity index (χ3n) is 4.68. The maximum atomic E-state index is 12.7. The van der Waals surface area contributed by atoms with Gasteiger partial charge < -0.3 is 20.9 Å². The molecule has 3 N–H and O–H groups in total. The Morgan fingerprint density at radius 1 is 1.04 bits per heavy atom. The van der Waals surface area contributed by atoms with E-state index in [0.717, 1.165) is 49.5 Å². The van der Waals surface area contributed by atoms with Gasteiger partial charge in [0.2, 0.25) is 0 Å². The predicted molar refractivity (Wildman–Crippen MR) is 111 cm³/mol. The topological polar surface area (TPSA) is 61.6 Å². The van der Waals surface area contributed by atoms with Gasteiger partial charge in [-0.15, -0.1) is 0 Å². The molecule has 1 aliphatic heterocycles. The van der Waals surface area contributed by atoms with E-state index in [2.05, 4.69) is 17.1 Å². The number of nitrogens with one attached hydrogen (secondary N) is 1. The summed E-state index contributed by atoms with van der Waals surface area (Å²) in [5.41, 5.74) is 9.52. The van der Waals surface area contributed by atoms with Crippen molar-refractivity contribution in [2.75, 3.05) is 36.4 Å². The standard InChI is InChI=1S/C20H24N4OS/c1-2-15-3-5-16(6-4-15)19(25)24-13-11-23(12-14-24)18-9-7-17(8-10-18)22-20(21)26/h3-10H,2,11-14H2,1H3,(H3,21,22,26). The molecule has 1 aliphatic rings. The minimum atomic E-state index is 0.114. The molecule has 0 saturated carbocycles. The summed E-state index contributed by atoms with van der Waals surface area (Å²) in [6.07, 6.45) is 0.985. The molecular weight excluding hydrogens is 344 g/mol. The number of carbonyl (C=O) groups excluding carboxylic acids is 1. The third kappa shape index (κ3) is 4.32. The molecule has 1 fully saturated rings. The van der Waals surface area contributed by atoms with Crippen molar-refractivity contribution in [3.63, 3.8) is 0 Å². The van der Waals surface area contributed by atoms with E-state index in [4.69, 9.17) is 18.0 Å². The molecule has 0 bridgehead atoms. The average molecular weight is 369 g/mol. The van der Waals surface area contributed by atoms with Gasteiger partial charge in [0, 0.05) is 43.1 Å². The Balaban J connectivity index is 1.58. The highest BCUT2D eigenvalue weighted by molar-refractivity contribution is 7.80. The summed E-state index contributed by atoms with van der Waals surface area (Å²) in [5.74, 6) is 0.114. The molecule has 0 unspecified atom stereocenters. The van der Waals surface area contributed by atoms with Crippen molar-refractivity contribution in [1.29, 1.82) is 0 Å². The van der Waals surface area contributed by atoms with Gasteiger partial charge in [0.05, 0.1) is 0 Å². The van der Waals surface area contributed by atoms with E-state index in [1.54, 1.807) is 0 Å². The van der Waals surface area contributed by atoms with Crippen LogP contribution in [0.25, 0.3) is 0 Å². The summed E-state index contributed by atoms with van der Waals surface area (Å²) in [5, 5.41) is 3.18. The van der Waals surface area contributed by atoms with Crippen molar-refractivity contribution in [3.05, 3.63) is 59.7 Å². The van der Waals surface area contributed by atoms with Crippen LogP contribution in [0.2, 0.25) is 0 Å². The Morgan fingerprint density at radius 2 is 1.65 bits per heavy atom. The van der Waals surface area contributed by atoms with Gasteiger partial charge in [0.15, 0.2) is 5.11 Å². The van der Waals surface area contributed by atoms with Crippen molar-refractivity contribution in [1.82, 2.24) is 4.90 Å². The second kappa shape index (κ2) is 8.19. The molecule has 136 valence electrons. The number of nitrogens with zero attached hydrogens (tertiary/aromatic N) is 2. The van der Waals surface area contributed by atoms with Crippen LogP contribution < -0.4 is 16.0 Å². The maximum absolute atomic E-state index is 12.7. The first-order chi connectivity index (χ1) is 12.6. The lowest BCUT2D eigenvalue weighted by molar-refractivity contribution is 0.0747. The number of benzene rings is 2. The van der Waals surface area contributed by atoms with Gasteiger partial charge in [-0.1, -0.05) is 19.1 Å². The largest absolute Gasteiger partial charge is 0.376 e. The van der Waals surface area contributed by atoms with Crippen LogP contribution in [0, 0.1) is 0 Å². The maximum Gasteiger partial charge on any atom is 0.253 e. The Labute approximate surface area is 159 Å². The molecular formula is C20H24N4OS. The number of hydrogen-bond acceptors (Lipinski definition) is 3. The van der Waals surface area contributed by atoms with Crippen LogP contribution in [-0.2, 0) is 6.42 Å². The van der Waals surface area contributed by atoms with E-state index in [9.17, 15) is 4.79 Å². The van der Waals surface area contributed by atoms with Crippen LogP contribution in [0.15, 0.2) is 48.5 Å². The SMILES string of the molecule is CCc1ccc(C(=O)N2CCN(c3ccc(NC(N)=S)cc3)CC2)cc1. The second-order valence-electron chi connectivity index (χ2n) is 6.37. The summed E-state index contributed by atoms with van der Waals surface area (Å²) in [4.78, 5) is 16.9. The molecule has 1 heterocycles. The van der Waals surface area contributed by atoms with Gasteiger partial charge in [-0.25, -0.2) is 0 Å². The zero-order chi connectivity index (χ0) is 18.5. The fraction of sp³-hybridized carbons (Fsp3) is 0.300. The normalized spacial score (nSPS) is 14.2. The number of nitrogens with two attached hydrogens (primary N) is 1. The number of carbonyl (C=O) groups is 1.